The van der Waals surface area contributed by atoms with Gasteiger partial charge in [-0.25, -0.2) is 9.37 Å². The molecule has 8 heteroatoms. The molecule has 0 aliphatic heterocycles. The minimum absolute atomic E-state index is 0.121. The van der Waals surface area contributed by atoms with E-state index >= 15 is 0 Å². The number of nitrogens with two attached hydrogens (primary N) is 1. The number of hydrogen-bond acceptors (Lipinski definition) is 4. The first kappa shape index (κ1) is 21.0. The third-order valence-corrected chi connectivity index (χ3v) is 4.81. The van der Waals surface area contributed by atoms with Crippen LogP contribution in [0.5, 0.6) is 11.6 Å². The number of nitrogens with zero attached hydrogens (tertiary/aromatic N) is 1. The molecule has 0 radical (unpaired) electrons. The predicted molar refractivity (Wildman–Crippen MR) is 110 cm³/mol. The highest BCUT2D eigenvalue weighted by Crippen LogP contribution is 2.38. The van der Waals surface area contributed by atoms with Crippen molar-refractivity contribution in [2.24, 2.45) is 5.73 Å². The lowest BCUT2D eigenvalue weighted by molar-refractivity contribution is -0.137. The molecular weight excluding hydrogens is 418 g/mol. The first-order valence-electron chi connectivity index (χ1n) is 8.68. The second kappa shape index (κ2) is 9.22. The maximum absolute atomic E-state index is 14.1. The Morgan fingerprint density at radius 1 is 1.21 bits per heavy atom. The van der Waals surface area contributed by atoms with Crippen LogP contribution < -0.4 is 10.5 Å². The number of pyridine rings is 1. The van der Waals surface area contributed by atoms with Crippen LogP contribution in [-0.2, 0) is 11.2 Å². The van der Waals surface area contributed by atoms with Crippen molar-refractivity contribution in [1.82, 2.24) is 4.98 Å². The predicted octanol–water partition coefficient (Wildman–Crippen LogP) is 5.33. The monoisotopic (exact) mass is 434 g/mol. The number of hydrogen-bond donors (Lipinski definition) is 2. The molecule has 0 aliphatic carbocycles. The summed E-state index contributed by atoms with van der Waals surface area (Å²) in [7, 11) is 0. The zero-order valence-electron chi connectivity index (χ0n) is 15.1. The van der Waals surface area contributed by atoms with E-state index in [9.17, 15) is 9.18 Å². The number of benzene rings is 2. The van der Waals surface area contributed by atoms with Crippen LogP contribution in [0.3, 0.4) is 0 Å². The SMILES string of the molecule is NC(CC(=O)O)Cc1c(Oc2ncc(Cl)cc2F)ccc(-c2ccccc2)c1Cl. The molecule has 5 nitrogen and oxygen atoms in total. The van der Waals surface area contributed by atoms with Crippen molar-refractivity contribution in [2.75, 3.05) is 0 Å². The summed E-state index contributed by atoms with van der Waals surface area (Å²) in [6.45, 7) is 0. The molecule has 0 amide bonds. The van der Waals surface area contributed by atoms with Crippen LogP contribution in [0, 0.1) is 5.82 Å². The second-order valence-electron chi connectivity index (χ2n) is 6.37. The summed E-state index contributed by atoms with van der Waals surface area (Å²) in [5.74, 6) is -1.79. The number of aromatic nitrogens is 1. The lowest BCUT2D eigenvalue weighted by Crippen LogP contribution is -2.26. The Morgan fingerprint density at radius 2 is 1.93 bits per heavy atom. The Balaban J connectivity index is 2.04. The summed E-state index contributed by atoms with van der Waals surface area (Å²) in [5, 5.41) is 9.50. The lowest BCUT2D eigenvalue weighted by atomic mass is 9.97. The average Bonchev–Trinajstić information content (AvgIpc) is 2.67. The maximum atomic E-state index is 14.1. The van der Waals surface area contributed by atoms with Crippen molar-refractivity contribution in [3.63, 3.8) is 0 Å². The van der Waals surface area contributed by atoms with Crippen molar-refractivity contribution in [3.8, 4) is 22.8 Å². The van der Waals surface area contributed by atoms with E-state index in [0.29, 0.717) is 10.6 Å². The van der Waals surface area contributed by atoms with Crippen LogP contribution in [0.1, 0.15) is 12.0 Å². The van der Waals surface area contributed by atoms with Gasteiger partial charge in [0.25, 0.3) is 5.88 Å². The van der Waals surface area contributed by atoms with Gasteiger partial charge in [-0.15, -0.1) is 0 Å². The highest BCUT2D eigenvalue weighted by molar-refractivity contribution is 6.34. The Morgan fingerprint density at radius 3 is 2.59 bits per heavy atom. The molecule has 1 atom stereocenters. The lowest BCUT2D eigenvalue weighted by Gasteiger charge is -2.18. The molecule has 0 spiro atoms. The van der Waals surface area contributed by atoms with Gasteiger partial charge >= 0.3 is 5.97 Å². The second-order valence-corrected chi connectivity index (χ2v) is 7.19. The van der Waals surface area contributed by atoms with E-state index in [0.717, 1.165) is 17.2 Å². The molecule has 3 N–H and O–H groups in total. The maximum Gasteiger partial charge on any atom is 0.304 e. The van der Waals surface area contributed by atoms with Crippen LogP contribution in [-0.4, -0.2) is 22.1 Å². The standard InChI is InChI=1S/C21H17Cl2FN2O3/c22-13-8-17(24)21(26-11-13)29-18-7-6-15(12-4-2-1-3-5-12)20(23)16(18)9-14(25)10-19(27)28/h1-8,11,14H,9-10,25H2,(H,27,28). The fourth-order valence-corrected chi connectivity index (χ4v) is 3.36. The molecule has 1 heterocycles. The summed E-state index contributed by atoms with van der Waals surface area (Å²) in [6, 6.07) is 13.2. The highest BCUT2D eigenvalue weighted by Gasteiger charge is 2.20. The molecule has 0 saturated carbocycles. The molecule has 150 valence electrons. The molecule has 3 aromatic rings. The minimum atomic E-state index is -1.03. The van der Waals surface area contributed by atoms with Crippen LogP contribution >= 0.6 is 23.2 Å². The van der Waals surface area contributed by atoms with Crippen molar-refractivity contribution in [1.29, 1.82) is 0 Å². The zero-order chi connectivity index (χ0) is 21.0. The summed E-state index contributed by atoms with van der Waals surface area (Å²) >= 11 is 12.4. The van der Waals surface area contributed by atoms with Gasteiger partial charge in [0.1, 0.15) is 5.75 Å². The highest BCUT2D eigenvalue weighted by atomic mass is 35.5. The summed E-state index contributed by atoms with van der Waals surface area (Å²) < 4.78 is 19.8. The van der Waals surface area contributed by atoms with Gasteiger partial charge < -0.3 is 15.6 Å². The van der Waals surface area contributed by atoms with Gasteiger partial charge in [-0.2, -0.15) is 0 Å². The van der Waals surface area contributed by atoms with Crippen LogP contribution in [0.15, 0.2) is 54.7 Å². The van der Waals surface area contributed by atoms with Crippen molar-refractivity contribution < 1.29 is 19.0 Å². The van der Waals surface area contributed by atoms with Crippen LogP contribution in [0.25, 0.3) is 11.1 Å². The third kappa shape index (κ3) is 5.23. The van der Waals surface area contributed by atoms with Crippen molar-refractivity contribution >= 4 is 29.2 Å². The number of carboxylic acid groups (broad SMARTS) is 1. The molecule has 0 fully saturated rings. The summed E-state index contributed by atoms with van der Waals surface area (Å²) in [4.78, 5) is 14.9. The van der Waals surface area contributed by atoms with E-state index in [-0.39, 0.29) is 29.5 Å². The van der Waals surface area contributed by atoms with Gasteiger partial charge in [-0.1, -0.05) is 53.5 Å². The third-order valence-electron chi connectivity index (χ3n) is 4.17. The first-order chi connectivity index (χ1) is 13.8. The molecule has 29 heavy (non-hydrogen) atoms. The molecule has 1 aromatic heterocycles. The van der Waals surface area contributed by atoms with E-state index in [1.165, 1.54) is 6.20 Å². The van der Waals surface area contributed by atoms with Gasteiger partial charge in [-0.3, -0.25) is 4.79 Å². The normalized spacial score (nSPS) is 11.9. The Labute approximate surface area is 176 Å². The fourth-order valence-electron chi connectivity index (χ4n) is 2.87. The fraction of sp³-hybridized carbons (Fsp3) is 0.143. The van der Waals surface area contributed by atoms with Gasteiger partial charge in [-0.05, 0) is 30.2 Å². The molecule has 2 aromatic carbocycles. The van der Waals surface area contributed by atoms with E-state index in [1.807, 2.05) is 30.3 Å². The van der Waals surface area contributed by atoms with Crippen molar-refractivity contribution in [2.45, 2.75) is 18.9 Å². The Hall–Kier alpha value is -2.67. The molecule has 1 unspecified atom stereocenters. The van der Waals surface area contributed by atoms with E-state index in [2.05, 4.69) is 4.98 Å². The number of carboxylic acids is 1. The van der Waals surface area contributed by atoms with Gasteiger partial charge in [0.15, 0.2) is 5.82 Å². The minimum Gasteiger partial charge on any atom is -0.481 e. The average molecular weight is 435 g/mol. The smallest absolute Gasteiger partial charge is 0.304 e. The largest absolute Gasteiger partial charge is 0.481 e. The van der Waals surface area contributed by atoms with Crippen LogP contribution in [0.2, 0.25) is 10.0 Å². The quantitative estimate of drug-likeness (QED) is 0.524. The van der Waals surface area contributed by atoms with E-state index in [4.69, 9.17) is 38.8 Å². The first-order valence-corrected chi connectivity index (χ1v) is 9.43. The molecule has 3 rings (SSSR count). The van der Waals surface area contributed by atoms with E-state index < -0.39 is 17.8 Å². The van der Waals surface area contributed by atoms with Gasteiger partial charge in [0.2, 0.25) is 0 Å². The number of rotatable bonds is 7. The Kier molecular flexibility index (Phi) is 6.69. The summed E-state index contributed by atoms with van der Waals surface area (Å²) in [6.07, 6.45) is 1.13. The number of aliphatic carboxylic acids is 1. The number of ether oxygens (including phenoxy) is 1. The molecule has 0 saturated heterocycles. The molecule has 0 aliphatic rings. The topological polar surface area (TPSA) is 85.4 Å². The number of halogens is 3. The summed E-state index contributed by atoms with van der Waals surface area (Å²) in [5.41, 5.74) is 8.04. The van der Waals surface area contributed by atoms with Crippen molar-refractivity contribution in [3.05, 3.63) is 76.2 Å². The van der Waals surface area contributed by atoms with Gasteiger partial charge in [0, 0.05) is 23.4 Å². The molecule has 0 bridgehead atoms. The van der Waals surface area contributed by atoms with Crippen LogP contribution in [0.4, 0.5) is 4.39 Å². The van der Waals surface area contributed by atoms with Gasteiger partial charge in [0.05, 0.1) is 16.5 Å². The zero-order valence-corrected chi connectivity index (χ0v) is 16.6. The Bertz CT molecular complexity index is 1030. The molecular formula is C21H17Cl2FN2O3. The van der Waals surface area contributed by atoms with E-state index in [1.54, 1.807) is 12.1 Å². The number of carbonyl (C=O) groups is 1.